The van der Waals surface area contributed by atoms with E-state index in [-0.39, 0.29) is 11.4 Å². The predicted molar refractivity (Wildman–Crippen MR) is 88.4 cm³/mol. The summed E-state index contributed by atoms with van der Waals surface area (Å²) in [4.78, 5) is 0. The van der Waals surface area contributed by atoms with E-state index >= 15 is 0 Å². The van der Waals surface area contributed by atoms with E-state index in [0.29, 0.717) is 22.6 Å². The Bertz CT molecular complexity index is 1150. The van der Waals surface area contributed by atoms with Crippen LogP contribution in [0.15, 0.2) is 52.9 Å². The van der Waals surface area contributed by atoms with Crippen LogP contribution in [0, 0.1) is 11.3 Å². The number of furan rings is 1. The predicted octanol–water partition coefficient (Wildman–Crippen LogP) is 4.66. The zero-order valence-corrected chi connectivity index (χ0v) is 13.4. The second kappa shape index (κ2) is 6.17. The average Bonchev–Trinajstić information content (AvgIpc) is 3.26. The lowest BCUT2D eigenvalue weighted by Gasteiger charge is -2.09. The van der Waals surface area contributed by atoms with Crippen LogP contribution in [-0.2, 0) is 0 Å². The van der Waals surface area contributed by atoms with E-state index in [1.807, 2.05) is 12.1 Å². The molecule has 0 atom stereocenters. The first-order valence-corrected chi connectivity index (χ1v) is 7.64. The van der Waals surface area contributed by atoms with Crippen LogP contribution in [0.1, 0.15) is 5.69 Å². The number of H-pyrrole nitrogens is 1. The molecule has 6 nitrogen and oxygen atoms in total. The maximum absolute atomic E-state index is 12.2. The molecule has 0 saturated heterocycles. The minimum absolute atomic E-state index is 0.189. The summed E-state index contributed by atoms with van der Waals surface area (Å²) in [6, 6.07) is 14.6. The molecule has 0 spiro atoms. The maximum atomic E-state index is 12.2. The molecule has 2 aromatic carbocycles. The van der Waals surface area contributed by atoms with Crippen molar-refractivity contribution in [3.8, 4) is 34.4 Å². The molecule has 4 rings (SSSR count). The van der Waals surface area contributed by atoms with Gasteiger partial charge in [-0.3, -0.25) is 0 Å². The molecule has 9 heteroatoms. The van der Waals surface area contributed by atoms with Crippen LogP contribution < -0.4 is 4.74 Å². The molecule has 0 amide bonds. The summed E-state index contributed by atoms with van der Waals surface area (Å²) < 4.78 is 46.3. The van der Waals surface area contributed by atoms with Crippen LogP contribution in [0.2, 0.25) is 0 Å². The van der Waals surface area contributed by atoms with E-state index in [1.54, 1.807) is 18.2 Å². The number of hydrogen-bond acceptors (Lipinski definition) is 5. The number of aromatic nitrogens is 3. The molecule has 0 unspecified atom stereocenters. The van der Waals surface area contributed by atoms with Gasteiger partial charge >= 0.3 is 6.36 Å². The number of ether oxygens (including phenoxy) is 1. The van der Waals surface area contributed by atoms with Crippen molar-refractivity contribution in [3.63, 3.8) is 0 Å². The van der Waals surface area contributed by atoms with E-state index in [4.69, 9.17) is 9.68 Å². The van der Waals surface area contributed by atoms with Crippen LogP contribution in [0.25, 0.3) is 33.6 Å². The van der Waals surface area contributed by atoms with Gasteiger partial charge in [0, 0.05) is 5.39 Å². The summed E-state index contributed by atoms with van der Waals surface area (Å²) in [6.07, 6.45) is -4.73. The highest BCUT2D eigenvalue weighted by molar-refractivity contribution is 5.87. The minimum atomic E-state index is -4.73. The van der Waals surface area contributed by atoms with Crippen molar-refractivity contribution in [1.29, 1.82) is 5.26 Å². The molecule has 134 valence electrons. The van der Waals surface area contributed by atoms with E-state index in [9.17, 15) is 13.2 Å². The van der Waals surface area contributed by atoms with Gasteiger partial charge in [0.15, 0.2) is 17.1 Å². The van der Waals surface area contributed by atoms with Crippen LogP contribution in [0.5, 0.6) is 5.75 Å². The number of nitriles is 1. The van der Waals surface area contributed by atoms with Gasteiger partial charge in [0.1, 0.15) is 17.4 Å². The van der Waals surface area contributed by atoms with Crippen molar-refractivity contribution in [1.82, 2.24) is 15.4 Å². The highest BCUT2D eigenvalue weighted by atomic mass is 19.4. The Morgan fingerprint density at radius 1 is 1.04 bits per heavy atom. The van der Waals surface area contributed by atoms with Gasteiger partial charge in [0.25, 0.3) is 0 Å². The highest BCUT2D eigenvalue weighted by Gasteiger charge is 2.30. The first-order valence-electron chi connectivity index (χ1n) is 7.64. The van der Waals surface area contributed by atoms with Crippen molar-refractivity contribution in [2.24, 2.45) is 0 Å². The molecule has 0 fully saturated rings. The standard InChI is InChI=1S/C18H9F3N4O2/c19-18(20,21)27-13-4-1-10(2-5-13)11-3-6-15-12(7-11)8-16(26-15)17-14(9-22)23-25-24-17/h1-8H,(H,23,24,25). The second-order valence-electron chi connectivity index (χ2n) is 5.58. The summed E-state index contributed by atoms with van der Waals surface area (Å²) in [6.45, 7) is 0. The fourth-order valence-corrected chi connectivity index (χ4v) is 2.67. The largest absolute Gasteiger partial charge is 0.573 e. The summed E-state index contributed by atoms with van der Waals surface area (Å²) >= 11 is 0. The van der Waals surface area contributed by atoms with Gasteiger partial charge in [-0.05, 0) is 41.5 Å². The first kappa shape index (κ1) is 16.7. The average molecular weight is 370 g/mol. The number of hydrogen-bond donors (Lipinski definition) is 1. The van der Waals surface area contributed by atoms with Gasteiger partial charge < -0.3 is 9.15 Å². The maximum Gasteiger partial charge on any atom is 0.573 e. The van der Waals surface area contributed by atoms with Gasteiger partial charge in [0.2, 0.25) is 0 Å². The van der Waals surface area contributed by atoms with Gasteiger partial charge in [-0.15, -0.1) is 18.3 Å². The van der Waals surface area contributed by atoms with Crippen LogP contribution in [0.4, 0.5) is 13.2 Å². The number of alkyl halides is 3. The monoisotopic (exact) mass is 370 g/mol. The fourth-order valence-electron chi connectivity index (χ4n) is 2.67. The Kier molecular flexibility index (Phi) is 3.81. The molecule has 27 heavy (non-hydrogen) atoms. The lowest BCUT2D eigenvalue weighted by atomic mass is 10.0. The van der Waals surface area contributed by atoms with E-state index in [0.717, 1.165) is 10.9 Å². The topological polar surface area (TPSA) is 87.7 Å². The molecule has 0 aliphatic heterocycles. The zero-order valence-electron chi connectivity index (χ0n) is 13.4. The minimum Gasteiger partial charge on any atom is -0.454 e. The molecule has 0 saturated carbocycles. The third-order valence-corrected chi connectivity index (χ3v) is 3.83. The number of halogens is 3. The second-order valence-corrected chi connectivity index (χ2v) is 5.58. The normalized spacial score (nSPS) is 11.5. The van der Waals surface area contributed by atoms with Crippen molar-refractivity contribution < 1.29 is 22.3 Å². The molecule has 2 heterocycles. The van der Waals surface area contributed by atoms with Gasteiger partial charge in [0.05, 0.1) is 0 Å². The summed E-state index contributed by atoms with van der Waals surface area (Å²) in [7, 11) is 0. The molecule has 4 aromatic rings. The quantitative estimate of drug-likeness (QED) is 0.567. The van der Waals surface area contributed by atoms with Crippen molar-refractivity contribution >= 4 is 11.0 Å². The van der Waals surface area contributed by atoms with Crippen molar-refractivity contribution in [2.75, 3.05) is 0 Å². The Hall–Kier alpha value is -3.80. The van der Waals surface area contributed by atoms with Crippen LogP contribution >= 0.6 is 0 Å². The molecule has 0 bridgehead atoms. The SMILES string of the molecule is N#Cc1[nH]nnc1-c1cc2cc(-c3ccc(OC(F)(F)F)cc3)ccc2o1. The van der Waals surface area contributed by atoms with Crippen molar-refractivity contribution in [2.45, 2.75) is 6.36 Å². The highest BCUT2D eigenvalue weighted by Crippen LogP contribution is 2.32. The number of nitrogens with one attached hydrogen (secondary N) is 1. The lowest BCUT2D eigenvalue weighted by Crippen LogP contribution is -2.16. The Morgan fingerprint density at radius 2 is 1.78 bits per heavy atom. The molecule has 0 radical (unpaired) electrons. The smallest absolute Gasteiger partial charge is 0.454 e. The van der Waals surface area contributed by atoms with Gasteiger partial charge in [-0.1, -0.05) is 23.4 Å². The first-order chi connectivity index (χ1) is 12.9. The van der Waals surface area contributed by atoms with E-state index < -0.39 is 6.36 Å². The van der Waals surface area contributed by atoms with E-state index in [2.05, 4.69) is 20.1 Å². The number of rotatable bonds is 3. The Balaban J connectivity index is 1.67. The Labute approximate surface area is 149 Å². The van der Waals surface area contributed by atoms with Crippen LogP contribution in [0.3, 0.4) is 0 Å². The molecule has 0 aliphatic rings. The van der Waals surface area contributed by atoms with Gasteiger partial charge in [-0.25, -0.2) is 5.10 Å². The molecule has 0 aliphatic carbocycles. The molecule has 1 N–H and O–H groups in total. The summed E-state index contributed by atoms with van der Waals surface area (Å²) in [5.74, 6) is 0.106. The molecular weight excluding hydrogens is 361 g/mol. The zero-order chi connectivity index (χ0) is 19.0. The number of aromatic amines is 1. The third kappa shape index (κ3) is 3.32. The van der Waals surface area contributed by atoms with Gasteiger partial charge in [-0.2, -0.15) is 5.26 Å². The molecular formula is C18H9F3N4O2. The Morgan fingerprint density at radius 3 is 2.48 bits per heavy atom. The molecule has 2 aromatic heterocycles. The number of fused-ring (bicyclic) bond motifs is 1. The summed E-state index contributed by atoms with van der Waals surface area (Å²) in [5, 5.41) is 19.7. The lowest BCUT2D eigenvalue weighted by molar-refractivity contribution is -0.274. The van der Waals surface area contributed by atoms with Crippen molar-refractivity contribution in [3.05, 3.63) is 54.2 Å². The van der Waals surface area contributed by atoms with E-state index in [1.165, 1.54) is 24.3 Å². The number of benzene rings is 2. The van der Waals surface area contributed by atoms with Crippen LogP contribution in [-0.4, -0.2) is 21.8 Å². The summed E-state index contributed by atoms with van der Waals surface area (Å²) in [5.41, 5.74) is 2.58. The fraction of sp³-hybridized carbons (Fsp3) is 0.0556. The number of nitrogens with zero attached hydrogens (tertiary/aromatic N) is 3. The third-order valence-electron chi connectivity index (χ3n) is 3.83.